The Balaban J connectivity index is 1.42. The zero-order valence-corrected chi connectivity index (χ0v) is 21.0. The van der Waals surface area contributed by atoms with E-state index >= 15 is 0 Å². The van der Waals surface area contributed by atoms with Crippen LogP contribution in [0.2, 0.25) is 0 Å². The average Bonchev–Trinajstić information content (AvgIpc) is 3.40. The number of carbonyl (C=O) groups excluding carboxylic acids is 1. The van der Waals surface area contributed by atoms with E-state index < -0.39 is 0 Å². The molecule has 1 amide bonds. The molecule has 190 valence electrons. The van der Waals surface area contributed by atoms with Crippen LogP contribution < -0.4 is 25.3 Å². The number of hydrogen-bond acceptors (Lipinski definition) is 7. The Kier molecular flexibility index (Phi) is 6.84. The summed E-state index contributed by atoms with van der Waals surface area (Å²) in [6, 6.07) is 13.2. The number of ether oxygens (including phenoxy) is 2. The van der Waals surface area contributed by atoms with Crippen LogP contribution >= 0.6 is 0 Å². The predicted octanol–water partition coefficient (Wildman–Crippen LogP) is 2.77. The molecule has 0 aliphatic carbocycles. The summed E-state index contributed by atoms with van der Waals surface area (Å²) in [7, 11) is 5.75. The quantitative estimate of drug-likeness (QED) is 0.548. The Labute approximate surface area is 210 Å². The number of methoxy groups -OCH3 is 1. The van der Waals surface area contributed by atoms with E-state index in [9.17, 15) is 9.59 Å². The fourth-order valence-electron chi connectivity index (χ4n) is 4.95. The number of hydrogen-bond donors (Lipinski definition) is 2. The molecule has 9 nitrogen and oxygen atoms in total. The smallest absolute Gasteiger partial charge is 0.272 e. The van der Waals surface area contributed by atoms with Crippen LogP contribution in [0.15, 0.2) is 47.3 Å². The van der Waals surface area contributed by atoms with Crippen LogP contribution in [0.4, 0.5) is 17.1 Å². The molecule has 3 heterocycles. The second kappa shape index (κ2) is 10.2. The molecule has 2 aliphatic heterocycles. The molecule has 1 unspecified atom stereocenters. The maximum absolute atomic E-state index is 13.1. The van der Waals surface area contributed by atoms with Gasteiger partial charge >= 0.3 is 0 Å². The van der Waals surface area contributed by atoms with Gasteiger partial charge in [0.15, 0.2) is 5.43 Å². The minimum Gasteiger partial charge on any atom is -0.497 e. The summed E-state index contributed by atoms with van der Waals surface area (Å²) in [5.41, 5.74) is 3.28. The molecule has 9 heteroatoms. The van der Waals surface area contributed by atoms with E-state index in [4.69, 9.17) is 9.47 Å². The summed E-state index contributed by atoms with van der Waals surface area (Å²) in [6.07, 6.45) is 1.02. The number of pyridine rings is 1. The normalized spacial score (nSPS) is 18.2. The third kappa shape index (κ3) is 4.89. The lowest BCUT2D eigenvalue weighted by Crippen LogP contribution is -2.36. The van der Waals surface area contributed by atoms with Crippen LogP contribution in [0.3, 0.4) is 0 Å². The molecular formula is C27H33N5O4. The maximum atomic E-state index is 13.1. The number of nitrogens with zero attached hydrogens (tertiary/aromatic N) is 3. The highest BCUT2D eigenvalue weighted by molar-refractivity contribution is 6.05. The van der Waals surface area contributed by atoms with Gasteiger partial charge in [0, 0.05) is 55.7 Å². The topological polar surface area (TPSA) is 90.1 Å². The lowest BCUT2D eigenvalue weighted by molar-refractivity contribution is 0.102. The fraction of sp³-hybridized carbons (Fsp3) is 0.407. The van der Waals surface area contributed by atoms with Crippen molar-refractivity contribution in [1.29, 1.82) is 0 Å². The van der Waals surface area contributed by atoms with Gasteiger partial charge in [0.05, 0.1) is 36.9 Å². The van der Waals surface area contributed by atoms with Gasteiger partial charge in [-0.1, -0.05) is 0 Å². The first-order valence-corrected chi connectivity index (χ1v) is 12.3. The number of rotatable bonds is 6. The monoisotopic (exact) mass is 491 g/mol. The maximum Gasteiger partial charge on any atom is 0.272 e. The van der Waals surface area contributed by atoms with Crippen molar-refractivity contribution < 1.29 is 14.3 Å². The van der Waals surface area contributed by atoms with E-state index in [0.717, 1.165) is 57.2 Å². The molecule has 2 aromatic carbocycles. The Morgan fingerprint density at radius 2 is 1.83 bits per heavy atom. The number of aromatic nitrogens is 1. The van der Waals surface area contributed by atoms with E-state index in [1.165, 1.54) is 6.07 Å². The molecular weight excluding hydrogens is 458 g/mol. The number of anilines is 3. The molecule has 3 aromatic rings. The van der Waals surface area contributed by atoms with Gasteiger partial charge in [-0.2, -0.15) is 0 Å². The van der Waals surface area contributed by atoms with Crippen molar-refractivity contribution in [1.82, 2.24) is 9.88 Å². The number of H-pyrrole nitrogens is 1. The van der Waals surface area contributed by atoms with Crippen molar-refractivity contribution in [3.8, 4) is 5.75 Å². The molecule has 5 rings (SSSR count). The van der Waals surface area contributed by atoms with E-state index in [1.54, 1.807) is 13.2 Å². The highest BCUT2D eigenvalue weighted by Gasteiger charge is 2.26. The number of likely N-dealkylation sites (N-methyl/N-ethyl adjacent to an activating group) is 1. The van der Waals surface area contributed by atoms with Crippen molar-refractivity contribution in [2.45, 2.75) is 12.5 Å². The Bertz CT molecular complexity index is 1300. The number of nitrogens with one attached hydrogen (secondary N) is 2. The zero-order valence-electron chi connectivity index (χ0n) is 21.0. The molecule has 0 saturated carbocycles. The van der Waals surface area contributed by atoms with Crippen LogP contribution in [0, 0.1) is 0 Å². The van der Waals surface area contributed by atoms with Crippen molar-refractivity contribution >= 4 is 33.9 Å². The van der Waals surface area contributed by atoms with E-state index in [-0.39, 0.29) is 17.0 Å². The summed E-state index contributed by atoms with van der Waals surface area (Å²) in [4.78, 5) is 36.2. The number of fused-ring (bicyclic) bond motifs is 1. The largest absolute Gasteiger partial charge is 0.497 e. The number of morpholine rings is 1. The van der Waals surface area contributed by atoms with Crippen molar-refractivity contribution in [2.24, 2.45) is 0 Å². The first-order valence-electron chi connectivity index (χ1n) is 12.3. The SMILES string of the molecule is COc1cc(N2CCC(N(C)C)C2)c2[nH]c(C(=O)Nc3ccc(N4CCOCC4)cc3)cc(=O)c2c1. The minimum absolute atomic E-state index is 0.222. The summed E-state index contributed by atoms with van der Waals surface area (Å²) in [5, 5.41) is 3.42. The molecule has 1 atom stereocenters. The van der Waals surface area contributed by atoms with Crippen molar-refractivity contribution in [3.05, 3.63) is 58.4 Å². The second-order valence-corrected chi connectivity index (χ2v) is 9.57. The third-order valence-electron chi connectivity index (χ3n) is 7.11. The first-order chi connectivity index (χ1) is 17.4. The fourth-order valence-corrected chi connectivity index (χ4v) is 4.95. The highest BCUT2D eigenvalue weighted by atomic mass is 16.5. The van der Waals surface area contributed by atoms with Crippen LogP contribution in [0.25, 0.3) is 10.9 Å². The highest BCUT2D eigenvalue weighted by Crippen LogP contribution is 2.32. The van der Waals surface area contributed by atoms with Gasteiger partial charge < -0.3 is 34.5 Å². The van der Waals surface area contributed by atoms with Gasteiger partial charge in [0.1, 0.15) is 11.4 Å². The molecule has 36 heavy (non-hydrogen) atoms. The minimum atomic E-state index is -0.359. The standard InChI is InChI=1S/C27H33N5O4/c1-30(2)20-8-9-32(17-20)24-15-21(35-3)14-22-25(33)16-23(29-26(22)24)27(34)28-18-4-6-19(7-5-18)31-10-12-36-13-11-31/h4-7,14-16,20H,8-13,17H2,1-3H3,(H,28,34)(H,29,33). The summed E-state index contributed by atoms with van der Waals surface area (Å²) >= 11 is 0. The van der Waals surface area contributed by atoms with Gasteiger partial charge in [0.2, 0.25) is 0 Å². The van der Waals surface area contributed by atoms with E-state index in [1.807, 2.05) is 30.3 Å². The van der Waals surface area contributed by atoms with Crippen molar-refractivity contribution in [2.75, 3.05) is 75.7 Å². The lowest BCUT2D eigenvalue weighted by Gasteiger charge is -2.28. The van der Waals surface area contributed by atoms with E-state index in [2.05, 4.69) is 39.1 Å². The van der Waals surface area contributed by atoms with Crippen LogP contribution in [0.1, 0.15) is 16.9 Å². The van der Waals surface area contributed by atoms with Crippen LogP contribution in [-0.2, 0) is 4.74 Å². The molecule has 0 spiro atoms. The van der Waals surface area contributed by atoms with Crippen molar-refractivity contribution in [3.63, 3.8) is 0 Å². The van der Waals surface area contributed by atoms with Gasteiger partial charge in [-0.15, -0.1) is 0 Å². The third-order valence-corrected chi connectivity index (χ3v) is 7.11. The molecule has 2 fully saturated rings. The Hall–Kier alpha value is -3.56. The molecule has 2 aliphatic rings. The first kappa shape index (κ1) is 24.1. The second-order valence-electron chi connectivity index (χ2n) is 9.57. The number of amides is 1. The van der Waals surface area contributed by atoms with Gasteiger partial charge in [-0.05, 0) is 50.8 Å². The van der Waals surface area contributed by atoms with Gasteiger partial charge in [-0.25, -0.2) is 0 Å². The number of carbonyl (C=O) groups is 1. The van der Waals surface area contributed by atoms with Crippen LogP contribution in [-0.4, -0.2) is 82.4 Å². The number of aromatic amines is 1. The van der Waals surface area contributed by atoms with E-state index in [0.29, 0.717) is 28.4 Å². The number of benzene rings is 2. The van der Waals surface area contributed by atoms with Gasteiger partial charge in [-0.3, -0.25) is 9.59 Å². The summed E-state index contributed by atoms with van der Waals surface area (Å²) in [5.74, 6) is 0.261. The Morgan fingerprint density at radius 3 is 2.50 bits per heavy atom. The lowest BCUT2D eigenvalue weighted by atomic mass is 10.1. The zero-order chi connectivity index (χ0) is 25.2. The average molecular weight is 492 g/mol. The molecule has 1 aromatic heterocycles. The molecule has 2 saturated heterocycles. The molecule has 0 bridgehead atoms. The molecule has 2 N–H and O–H groups in total. The molecule has 0 radical (unpaired) electrons. The summed E-state index contributed by atoms with van der Waals surface area (Å²) in [6.45, 7) is 4.83. The summed E-state index contributed by atoms with van der Waals surface area (Å²) < 4.78 is 10.9. The van der Waals surface area contributed by atoms with Crippen LogP contribution in [0.5, 0.6) is 5.75 Å². The van der Waals surface area contributed by atoms with Gasteiger partial charge in [0.25, 0.3) is 5.91 Å². The Morgan fingerprint density at radius 1 is 1.08 bits per heavy atom. The predicted molar refractivity (Wildman–Crippen MR) is 143 cm³/mol.